The molecule has 0 bridgehead atoms. The summed E-state index contributed by atoms with van der Waals surface area (Å²) in [6, 6.07) is 1.64. The molecule has 0 radical (unpaired) electrons. The summed E-state index contributed by atoms with van der Waals surface area (Å²) in [4.78, 5) is 22.3. The monoisotopic (exact) mass is 279 g/mol. The maximum absolute atomic E-state index is 11.6. The Balaban J connectivity index is 2.24. The number of ether oxygens (including phenoxy) is 1. The first kappa shape index (κ1) is 13.7. The second-order valence-electron chi connectivity index (χ2n) is 4.13. The molecule has 102 valence electrons. The van der Waals surface area contributed by atoms with Crippen LogP contribution in [0.4, 0.5) is 5.82 Å². The first-order chi connectivity index (χ1) is 9.15. The predicted octanol–water partition coefficient (Wildman–Crippen LogP) is 2.62. The lowest BCUT2D eigenvalue weighted by atomic mass is 10.3. The fourth-order valence-corrected chi connectivity index (χ4v) is 2.66. The lowest BCUT2D eigenvalue weighted by Crippen LogP contribution is -2.28. The summed E-state index contributed by atoms with van der Waals surface area (Å²) in [5.41, 5.74) is 0. The van der Waals surface area contributed by atoms with Gasteiger partial charge < -0.3 is 10.1 Å². The predicted molar refractivity (Wildman–Crippen MR) is 76.5 cm³/mol. The normalized spacial score (nSPS) is 12.4. The summed E-state index contributed by atoms with van der Waals surface area (Å²) in [5, 5.41) is 4.05. The number of nitrogens with zero attached hydrogens (tertiary/aromatic N) is 2. The fourth-order valence-electron chi connectivity index (χ4n) is 1.73. The average molecular weight is 279 g/mol. The number of aryl methyl sites for hydroxylation is 1. The molecule has 1 atom stereocenters. The summed E-state index contributed by atoms with van der Waals surface area (Å²) in [6.07, 6.45) is 2.48. The highest BCUT2D eigenvalue weighted by molar-refractivity contribution is 7.18. The van der Waals surface area contributed by atoms with E-state index in [1.807, 2.05) is 0 Å². The van der Waals surface area contributed by atoms with Crippen molar-refractivity contribution in [3.8, 4) is 0 Å². The van der Waals surface area contributed by atoms with Gasteiger partial charge in [-0.25, -0.2) is 14.8 Å². The van der Waals surface area contributed by atoms with Crippen molar-refractivity contribution in [1.29, 1.82) is 0 Å². The molecule has 0 amide bonds. The highest BCUT2D eigenvalue weighted by atomic mass is 32.1. The Kier molecular flexibility index (Phi) is 4.31. The third-order valence-electron chi connectivity index (χ3n) is 2.72. The van der Waals surface area contributed by atoms with E-state index >= 15 is 0 Å². The lowest BCUT2D eigenvalue weighted by molar-refractivity contribution is -0.143. The molecule has 2 aromatic heterocycles. The minimum Gasteiger partial charge on any atom is -0.464 e. The van der Waals surface area contributed by atoms with Crippen LogP contribution in [0.2, 0.25) is 0 Å². The third kappa shape index (κ3) is 3.01. The molecule has 5 nitrogen and oxygen atoms in total. The zero-order valence-corrected chi connectivity index (χ0v) is 12.1. The Morgan fingerprint density at radius 1 is 1.47 bits per heavy atom. The number of esters is 1. The first-order valence-electron chi connectivity index (χ1n) is 6.32. The van der Waals surface area contributed by atoms with Gasteiger partial charge in [-0.3, -0.25) is 0 Å². The first-order valence-corrected chi connectivity index (χ1v) is 7.14. The number of aromatic nitrogens is 2. The molecule has 2 heterocycles. The number of thiophene rings is 1. The van der Waals surface area contributed by atoms with Crippen LogP contribution >= 0.6 is 11.3 Å². The topological polar surface area (TPSA) is 64.1 Å². The van der Waals surface area contributed by atoms with Crippen molar-refractivity contribution < 1.29 is 9.53 Å². The largest absolute Gasteiger partial charge is 0.464 e. The number of nitrogens with one attached hydrogen (secondary N) is 1. The van der Waals surface area contributed by atoms with E-state index in [0.717, 1.165) is 16.6 Å². The molecule has 0 spiro atoms. The molecular formula is C13H17N3O2S. The summed E-state index contributed by atoms with van der Waals surface area (Å²) in [5.74, 6) is 0.404. The second kappa shape index (κ2) is 5.97. The van der Waals surface area contributed by atoms with E-state index < -0.39 is 6.04 Å². The minimum absolute atomic E-state index is 0.278. The Bertz CT molecular complexity index is 582. The van der Waals surface area contributed by atoms with Crippen LogP contribution < -0.4 is 5.32 Å². The molecule has 0 aliphatic carbocycles. The van der Waals surface area contributed by atoms with Crippen molar-refractivity contribution in [2.24, 2.45) is 0 Å². The van der Waals surface area contributed by atoms with Crippen LogP contribution in [0, 0.1) is 0 Å². The molecule has 19 heavy (non-hydrogen) atoms. The number of hydrogen-bond donors (Lipinski definition) is 1. The Hall–Kier alpha value is -1.69. The van der Waals surface area contributed by atoms with Gasteiger partial charge in [-0.2, -0.15) is 0 Å². The number of hydrogen-bond acceptors (Lipinski definition) is 6. The number of rotatable bonds is 5. The van der Waals surface area contributed by atoms with Crippen LogP contribution in [0.15, 0.2) is 12.4 Å². The van der Waals surface area contributed by atoms with E-state index in [2.05, 4.69) is 28.3 Å². The Morgan fingerprint density at radius 2 is 2.26 bits per heavy atom. The van der Waals surface area contributed by atoms with Crippen molar-refractivity contribution in [1.82, 2.24) is 9.97 Å². The van der Waals surface area contributed by atoms with E-state index in [0.29, 0.717) is 12.4 Å². The van der Waals surface area contributed by atoms with E-state index in [-0.39, 0.29) is 5.97 Å². The summed E-state index contributed by atoms with van der Waals surface area (Å²) in [7, 11) is 0. The van der Waals surface area contributed by atoms with Crippen molar-refractivity contribution in [2.45, 2.75) is 33.2 Å². The van der Waals surface area contributed by atoms with Gasteiger partial charge in [0.05, 0.1) is 12.0 Å². The third-order valence-corrected chi connectivity index (χ3v) is 3.91. The standard InChI is InChI=1S/C13H17N3O2S/c1-4-9-6-10-11(14-7-15-12(10)19-9)16-8(3)13(17)18-5-2/h6-8H,4-5H2,1-3H3,(H,14,15,16). The van der Waals surface area contributed by atoms with Gasteiger partial charge in [0.15, 0.2) is 0 Å². The molecule has 6 heteroatoms. The molecule has 0 aromatic carbocycles. The molecule has 0 fully saturated rings. The van der Waals surface area contributed by atoms with Crippen molar-refractivity contribution in [2.75, 3.05) is 11.9 Å². The molecular weight excluding hydrogens is 262 g/mol. The van der Waals surface area contributed by atoms with Crippen molar-refractivity contribution in [3.63, 3.8) is 0 Å². The Morgan fingerprint density at radius 3 is 2.95 bits per heavy atom. The number of carbonyl (C=O) groups excluding carboxylic acids is 1. The van der Waals surface area contributed by atoms with Crippen molar-refractivity contribution >= 4 is 33.3 Å². The molecule has 2 rings (SSSR count). The highest BCUT2D eigenvalue weighted by Gasteiger charge is 2.16. The Labute approximate surface area is 116 Å². The maximum atomic E-state index is 11.6. The summed E-state index contributed by atoms with van der Waals surface area (Å²) >= 11 is 1.65. The minimum atomic E-state index is -0.428. The number of fused-ring (bicyclic) bond motifs is 1. The average Bonchev–Trinajstić information content (AvgIpc) is 2.83. The van der Waals surface area contributed by atoms with E-state index in [9.17, 15) is 4.79 Å². The van der Waals surface area contributed by atoms with Crippen LogP contribution in [0.1, 0.15) is 25.6 Å². The van der Waals surface area contributed by atoms with Gasteiger partial charge in [0.25, 0.3) is 0 Å². The quantitative estimate of drug-likeness (QED) is 0.852. The van der Waals surface area contributed by atoms with Gasteiger partial charge in [-0.1, -0.05) is 6.92 Å². The molecule has 2 aromatic rings. The molecule has 0 saturated heterocycles. The molecule has 1 N–H and O–H groups in total. The van der Waals surface area contributed by atoms with Crippen molar-refractivity contribution in [3.05, 3.63) is 17.3 Å². The summed E-state index contributed by atoms with van der Waals surface area (Å²) in [6.45, 7) is 6.04. The smallest absolute Gasteiger partial charge is 0.328 e. The highest BCUT2D eigenvalue weighted by Crippen LogP contribution is 2.28. The maximum Gasteiger partial charge on any atom is 0.328 e. The fraction of sp³-hybridized carbons (Fsp3) is 0.462. The van der Waals surface area contributed by atoms with Gasteiger partial charge in [-0.05, 0) is 26.3 Å². The van der Waals surface area contributed by atoms with Gasteiger partial charge in [-0.15, -0.1) is 11.3 Å². The van der Waals surface area contributed by atoms with E-state index in [1.54, 1.807) is 25.2 Å². The number of anilines is 1. The van der Waals surface area contributed by atoms with Crippen LogP contribution in [-0.2, 0) is 16.0 Å². The molecule has 0 aliphatic rings. The zero-order chi connectivity index (χ0) is 13.8. The zero-order valence-electron chi connectivity index (χ0n) is 11.3. The van der Waals surface area contributed by atoms with Gasteiger partial charge in [0.1, 0.15) is 23.0 Å². The molecule has 1 unspecified atom stereocenters. The van der Waals surface area contributed by atoms with Crippen LogP contribution in [0.3, 0.4) is 0 Å². The van der Waals surface area contributed by atoms with Gasteiger partial charge in [0, 0.05) is 4.88 Å². The van der Waals surface area contributed by atoms with Gasteiger partial charge >= 0.3 is 5.97 Å². The second-order valence-corrected chi connectivity index (χ2v) is 5.24. The number of carbonyl (C=O) groups is 1. The van der Waals surface area contributed by atoms with Gasteiger partial charge in [0.2, 0.25) is 0 Å². The molecule has 0 saturated carbocycles. The van der Waals surface area contributed by atoms with Crippen LogP contribution in [-0.4, -0.2) is 28.6 Å². The summed E-state index contributed by atoms with van der Waals surface area (Å²) < 4.78 is 4.97. The van der Waals surface area contributed by atoms with Crippen LogP contribution in [0.5, 0.6) is 0 Å². The van der Waals surface area contributed by atoms with Crippen LogP contribution in [0.25, 0.3) is 10.2 Å². The SMILES string of the molecule is CCOC(=O)C(C)Nc1ncnc2sc(CC)cc12. The lowest BCUT2D eigenvalue weighted by Gasteiger charge is -2.13. The van der Waals surface area contributed by atoms with E-state index in [1.165, 1.54) is 11.2 Å². The van der Waals surface area contributed by atoms with E-state index in [4.69, 9.17) is 4.74 Å². The molecule has 0 aliphatic heterocycles.